The zero-order chi connectivity index (χ0) is 33.5. The third kappa shape index (κ3) is 8.06. The van der Waals surface area contributed by atoms with Gasteiger partial charge < -0.3 is 28.6 Å². The summed E-state index contributed by atoms with van der Waals surface area (Å²) in [6.07, 6.45) is 4.95. The van der Waals surface area contributed by atoms with Gasteiger partial charge in [-0.25, -0.2) is 8.42 Å². The molecule has 0 aromatic heterocycles. The largest absolute Gasteiger partial charge is 0.497 e. The monoisotopic (exact) mass is 676 g/mol. The molecule has 3 aliphatic rings. The Morgan fingerprint density at radius 3 is 2.46 bits per heavy atom. The fourth-order valence-electron chi connectivity index (χ4n) is 6.93. The van der Waals surface area contributed by atoms with Crippen LogP contribution in [0.25, 0.3) is 0 Å². The molecule has 3 aromatic rings. The summed E-state index contributed by atoms with van der Waals surface area (Å²) in [5.41, 5.74) is 5.44. The fraction of sp³-hybridized carbons (Fsp3) is 0.474. The van der Waals surface area contributed by atoms with Gasteiger partial charge in [-0.1, -0.05) is 47.5 Å². The van der Waals surface area contributed by atoms with Crippen molar-refractivity contribution >= 4 is 15.7 Å². The Balaban J connectivity index is 1.31. The zero-order valence-electron chi connectivity index (χ0n) is 28.3. The van der Waals surface area contributed by atoms with E-state index < -0.39 is 10.0 Å². The van der Waals surface area contributed by atoms with E-state index in [1.54, 1.807) is 30.7 Å². The van der Waals surface area contributed by atoms with Crippen molar-refractivity contribution in [3.63, 3.8) is 0 Å². The van der Waals surface area contributed by atoms with Crippen molar-refractivity contribution in [2.75, 3.05) is 65.2 Å². The number of fused-ring (bicyclic) bond motifs is 1. The molecule has 3 heterocycles. The summed E-state index contributed by atoms with van der Waals surface area (Å²) in [7, 11) is -0.430. The molecule has 2 fully saturated rings. The van der Waals surface area contributed by atoms with E-state index in [-0.39, 0.29) is 24.6 Å². The van der Waals surface area contributed by atoms with Crippen molar-refractivity contribution in [1.29, 1.82) is 0 Å². The van der Waals surface area contributed by atoms with Crippen LogP contribution in [0.3, 0.4) is 0 Å². The molecule has 9 nitrogen and oxygen atoms in total. The molecule has 6 rings (SSSR count). The van der Waals surface area contributed by atoms with Crippen LogP contribution >= 0.6 is 0 Å². The van der Waals surface area contributed by atoms with Crippen LogP contribution in [0.4, 0.5) is 5.69 Å². The number of rotatable bonds is 12. The number of methoxy groups -OCH3 is 2. The summed E-state index contributed by atoms with van der Waals surface area (Å²) in [4.78, 5) is 2.64. The minimum Gasteiger partial charge on any atom is -0.497 e. The summed E-state index contributed by atoms with van der Waals surface area (Å²) in [6, 6.07) is 21.1. The summed E-state index contributed by atoms with van der Waals surface area (Å²) < 4.78 is 59.5. The van der Waals surface area contributed by atoms with E-state index in [9.17, 15) is 8.42 Å². The van der Waals surface area contributed by atoms with E-state index in [0.29, 0.717) is 44.4 Å². The zero-order valence-corrected chi connectivity index (χ0v) is 29.1. The van der Waals surface area contributed by atoms with Crippen molar-refractivity contribution in [1.82, 2.24) is 4.31 Å². The van der Waals surface area contributed by atoms with E-state index in [1.807, 2.05) is 43.3 Å². The molecule has 3 aliphatic heterocycles. The molecule has 258 valence electrons. The normalized spacial score (nSPS) is 21.8. The van der Waals surface area contributed by atoms with Gasteiger partial charge in [0.15, 0.2) is 0 Å². The van der Waals surface area contributed by atoms with Crippen LogP contribution in [0.2, 0.25) is 0 Å². The summed E-state index contributed by atoms with van der Waals surface area (Å²) >= 11 is 0. The van der Waals surface area contributed by atoms with Gasteiger partial charge in [-0.15, -0.1) is 0 Å². The molecule has 0 N–H and O–H groups in total. The van der Waals surface area contributed by atoms with Gasteiger partial charge in [0.2, 0.25) is 10.0 Å². The number of hydrogen-bond acceptors (Lipinski definition) is 8. The average Bonchev–Trinajstić information content (AvgIpc) is 3.11. The first-order valence-corrected chi connectivity index (χ1v) is 18.4. The number of benzene rings is 3. The molecule has 0 unspecified atom stereocenters. The molecule has 0 amide bonds. The molecule has 3 atom stereocenters. The lowest BCUT2D eigenvalue weighted by atomic mass is 9.83. The van der Waals surface area contributed by atoms with Crippen molar-refractivity contribution in [2.45, 2.75) is 62.2 Å². The molecule has 48 heavy (non-hydrogen) atoms. The maximum atomic E-state index is 14.4. The Labute approximate surface area is 285 Å². The van der Waals surface area contributed by atoms with E-state index in [2.05, 4.69) is 29.2 Å². The molecule has 2 saturated heterocycles. The van der Waals surface area contributed by atoms with E-state index in [4.69, 9.17) is 23.7 Å². The third-order valence-corrected chi connectivity index (χ3v) is 11.5. The lowest BCUT2D eigenvalue weighted by Gasteiger charge is -2.43. The Kier molecular flexibility index (Phi) is 11.4. The maximum Gasteiger partial charge on any atom is 0.243 e. The van der Waals surface area contributed by atoms with Crippen molar-refractivity contribution in [3.05, 3.63) is 95.1 Å². The molecule has 0 spiro atoms. The molecule has 10 heteroatoms. The highest BCUT2D eigenvalue weighted by molar-refractivity contribution is 7.89. The second-order valence-corrected chi connectivity index (χ2v) is 14.7. The highest BCUT2D eigenvalue weighted by atomic mass is 32.2. The number of sulfonamides is 1. The molecular formula is C38H48N2O7S. The van der Waals surface area contributed by atoms with Crippen molar-refractivity contribution in [3.8, 4) is 11.5 Å². The van der Waals surface area contributed by atoms with Crippen LogP contribution in [0.5, 0.6) is 11.5 Å². The number of ether oxygens (including phenoxy) is 5. The highest BCUT2D eigenvalue weighted by Gasteiger charge is 2.42. The Hall–Kier alpha value is -3.41. The van der Waals surface area contributed by atoms with Crippen LogP contribution in [-0.2, 0) is 30.8 Å². The van der Waals surface area contributed by atoms with Crippen LogP contribution < -0.4 is 14.4 Å². The standard InChI is InChI=1S/C38H48N2O7S/c1-28-5-12-34(13-6-28)48(41,42)40-26-38(47-27-30-7-14-37-36(24-30)39(18-22-46-37)17-4-19-43-2)35(31-8-10-33(44-3)11-9-31)25-32(40)23-29-15-20-45-21-16-29/h5-14,23-24,32,35,38H,4,15-22,25-27H2,1-3H3/t32-,35-,38+/m1/s1. The first-order chi connectivity index (χ1) is 23.4. The predicted octanol–water partition coefficient (Wildman–Crippen LogP) is 6.11. The van der Waals surface area contributed by atoms with Crippen LogP contribution in [0.1, 0.15) is 48.3 Å². The second-order valence-electron chi connectivity index (χ2n) is 12.8. The summed E-state index contributed by atoms with van der Waals surface area (Å²) in [6.45, 7) is 6.91. The van der Waals surface area contributed by atoms with Gasteiger partial charge >= 0.3 is 0 Å². The van der Waals surface area contributed by atoms with E-state index in [1.165, 1.54) is 5.57 Å². The smallest absolute Gasteiger partial charge is 0.243 e. The summed E-state index contributed by atoms with van der Waals surface area (Å²) in [5, 5.41) is 0. The number of nitrogens with zero attached hydrogens (tertiary/aromatic N) is 2. The molecule has 3 aromatic carbocycles. The van der Waals surface area contributed by atoms with Gasteiger partial charge in [0, 0.05) is 38.8 Å². The maximum absolute atomic E-state index is 14.4. The minimum atomic E-state index is -3.82. The number of aryl methyl sites for hydroxylation is 1. The number of piperidine rings is 1. The average molecular weight is 677 g/mol. The van der Waals surface area contributed by atoms with Crippen molar-refractivity contribution < 1.29 is 32.1 Å². The number of anilines is 1. The lowest BCUT2D eigenvalue weighted by Crippen LogP contribution is -2.51. The minimum absolute atomic E-state index is 0.0337. The predicted molar refractivity (Wildman–Crippen MR) is 187 cm³/mol. The molecular weight excluding hydrogens is 628 g/mol. The van der Waals surface area contributed by atoms with Gasteiger partial charge in [0.05, 0.1) is 50.2 Å². The molecule has 0 bridgehead atoms. The van der Waals surface area contributed by atoms with Crippen LogP contribution in [0.15, 0.2) is 83.3 Å². The van der Waals surface area contributed by atoms with Gasteiger partial charge in [-0.2, -0.15) is 4.31 Å². The molecule has 0 aliphatic carbocycles. The SMILES string of the molecule is COCCCN1CCOc2ccc(CO[C@H]3CN(S(=O)(=O)c4ccc(C)cc4)[C@H](C=C4CCOCC4)C[C@@H]3c3ccc(OC)cc3)cc21. The van der Waals surface area contributed by atoms with Crippen LogP contribution in [0, 0.1) is 6.92 Å². The van der Waals surface area contributed by atoms with Gasteiger partial charge in [-0.05, 0) is 80.1 Å². The van der Waals surface area contributed by atoms with E-state index >= 15 is 0 Å². The van der Waals surface area contributed by atoms with Crippen molar-refractivity contribution in [2.24, 2.45) is 0 Å². The topological polar surface area (TPSA) is 86.8 Å². The van der Waals surface area contributed by atoms with Crippen LogP contribution in [-0.4, -0.2) is 85.2 Å². The Morgan fingerprint density at radius 2 is 1.73 bits per heavy atom. The fourth-order valence-corrected chi connectivity index (χ4v) is 8.53. The third-order valence-electron chi connectivity index (χ3n) is 9.63. The first kappa shape index (κ1) is 34.5. The Bertz CT molecular complexity index is 1630. The molecule has 0 saturated carbocycles. The number of hydrogen-bond donors (Lipinski definition) is 0. The summed E-state index contributed by atoms with van der Waals surface area (Å²) in [5.74, 6) is 1.62. The van der Waals surface area contributed by atoms with E-state index in [0.717, 1.165) is 66.2 Å². The molecule has 0 radical (unpaired) electrons. The van der Waals surface area contributed by atoms with Gasteiger partial charge in [0.1, 0.15) is 18.1 Å². The highest BCUT2D eigenvalue weighted by Crippen LogP contribution is 2.39. The van der Waals surface area contributed by atoms with Gasteiger partial charge in [-0.3, -0.25) is 0 Å². The lowest BCUT2D eigenvalue weighted by molar-refractivity contribution is -0.0146. The Morgan fingerprint density at radius 1 is 0.958 bits per heavy atom. The second kappa shape index (κ2) is 15.9. The first-order valence-electron chi connectivity index (χ1n) is 17.0. The quantitative estimate of drug-likeness (QED) is 0.168. The van der Waals surface area contributed by atoms with Gasteiger partial charge in [0.25, 0.3) is 0 Å².